The smallest absolute Gasteiger partial charge is 0.306 e. The van der Waals surface area contributed by atoms with Crippen molar-refractivity contribution < 1.29 is 43.4 Å². The second kappa shape index (κ2) is 12.5. The molecule has 3 aromatic rings. The maximum Gasteiger partial charge on any atom is 0.306 e. The molecule has 0 amide bonds. The summed E-state index contributed by atoms with van der Waals surface area (Å²) in [6, 6.07) is 19.1. The van der Waals surface area contributed by atoms with Gasteiger partial charge in [-0.3, -0.25) is 9.59 Å². The Balaban J connectivity index is 0.950. The zero-order chi connectivity index (χ0) is 31.0. The highest BCUT2D eigenvalue weighted by Gasteiger charge is 2.61. The minimum atomic E-state index is -1.04. The molecular weight excluding hydrogens is 576 g/mol. The molecule has 3 aromatic carbocycles. The van der Waals surface area contributed by atoms with Gasteiger partial charge in [-0.25, -0.2) is 4.89 Å². The van der Waals surface area contributed by atoms with Gasteiger partial charge in [-0.1, -0.05) is 43.0 Å². The Hall–Kier alpha value is -3.92. The van der Waals surface area contributed by atoms with E-state index in [4.69, 9.17) is 33.8 Å². The van der Waals surface area contributed by atoms with Crippen molar-refractivity contribution in [2.24, 2.45) is 23.7 Å². The molecule has 4 aliphatic carbocycles. The van der Waals surface area contributed by atoms with E-state index in [-0.39, 0.29) is 32.2 Å². The molecule has 9 heteroatoms. The summed E-state index contributed by atoms with van der Waals surface area (Å²) in [5.41, 5.74) is 1.73. The van der Waals surface area contributed by atoms with Crippen molar-refractivity contribution in [3.05, 3.63) is 72.8 Å². The SMILES string of the molecule is C=C(c1ccc(Oc2cccc3c(OCCOC(=O)CCC(=O)O)cccc23)cc1)C1COC2(OO1)C1CC3CC(C1)CC2C3. The second-order valence-corrected chi connectivity index (χ2v) is 12.7. The zero-order valence-electron chi connectivity index (χ0n) is 25.2. The van der Waals surface area contributed by atoms with Crippen molar-refractivity contribution in [2.45, 2.75) is 56.8 Å². The van der Waals surface area contributed by atoms with Gasteiger partial charge in [-0.05, 0) is 79.3 Å². The highest BCUT2D eigenvalue weighted by molar-refractivity contribution is 5.93. The van der Waals surface area contributed by atoms with Crippen LogP contribution in [0.25, 0.3) is 16.3 Å². The predicted molar refractivity (Wildman–Crippen MR) is 165 cm³/mol. The van der Waals surface area contributed by atoms with E-state index >= 15 is 0 Å². The van der Waals surface area contributed by atoms with Gasteiger partial charge in [0.1, 0.15) is 36.6 Å². The van der Waals surface area contributed by atoms with Crippen LogP contribution < -0.4 is 9.47 Å². The summed E-state index contributed by atoms with van der Waals surface area (Å²) in [6.45, 7) is 4.90. The molecule has 236 valence electrons. The Morgan fingerprint density at radius 3 is 2.16 bits per heavy atom. The summed E-state index contributed by atoms with van der Waals surface area (Å²) in [7, 11) is 0. The van der Waals surface area contributed by atoms with Crippen LogP contribution >= 0.6 is 0 Å². The number of aliphatic carboxylic acids is 1. The molecule has 5 fully saturated rings. The van der Waals surface area contributed by atoms with Crippen molar-refractivity contribution in [3.8, 4) is 17.2 Å². The van der Waals surface area contributed by atoms with Crippen LogP contribution in [0.1, 0.15) is 50.5 Å². The van der Waals surface area contributed by atoms with Gasteiger partial charge in [0.2, 0.25) is 5.79 Å². The quantitative estimate of drug-likeness (QED) is 0.140. The lowest BCUT2D eigenvalue weighted by atomic mass is 9.53. The van der Waals surface area contributed by atoms with E-state index in [2.05, 4.69) is 6.58 Å². The Morgan fingerprint density at radius 2 is 1.51 bits per heavy atom. The van der Waals surface area contributed by atoms with Crippen molar-refractivity contribution in [2.75, 3.05) is 19.8 Å². The Morgan fingerprint density at radius 1 is 0.844 bits per heavy atom. The van der Waals surface area contributed by atoms with Crippen LogP contribution in [0.4, 0.5) is 0 Å². The fraction of sp³-hybridized carbons (Fsp3) is 0.444. The average Bonchev–Trinajstić information content (AvgIpc) is 3.05. The predicted octanol–water partition coefficient (Wildman–Crippen LogP) is 6.93. The molecule has 1 atom stereocenters. The minimum Gasteiger partial charge on any atom is -0.489 e. The number of esters is 1. The van der Waals surface area contributed by atoms with E-state index in [1.165, 1.54) is 32.1 Å². The van der Waals surface area contributed by atoms with E-state index in [9.17, 15) is 9.59 Å². The summed E-state index contributed by atoms with van der Waals surface area (Å²) in [4.78, 5) is 34.4. The molecule has 4 saturated carbocycles. The van der Waals surface area contributed by atoms with Gasteiger partial charge in [0, 0.05) is 22.6 Å². The topological polar surface area (TPSA) is 110 Å². The van der Waals surface area contributed by atoms with Crippen LogP contribution in [0.3, 0.4) is 0 Å². The second-order valence-electron chi connectivity index (χ2n) is 12.7. The van der Waals surface area contributed by atoms with Crippen molar-refractivity contribution in [1.82, 2.24) is 0 Å². The third-order valence-corrected chi connectivity index (χ3v) is 9.86. The number of fused-ring (bicyclic) bond motifs is 1. The van der Waals surface area contributed by atoms with Gasteiger partial charge >= 0.3 is 11.9 Å². The Kier molecular flexibility index (Phi) is 8.25. The Labute approximate surface area is 261 Å². The van der Waals surface area contributed by atoms with Gasteiger partial charge < -0.3 is 24.1 Å². The minimum absolute atomic E-state index is 0.0234. The molecule has 1 heterocycles. The van der Waals surface area contributed by atoms with E-state index in [1.807, 2.05) is 60.7 Å². The molecule has 1 unspecified atom stereocenters. The van der Waals surface area contributed by atoms with Crippen LogP contribution in [0.15, 0.2) is 67.2 Å². The highest BCUT2D eigenvalue weighted by atomic mass is 17.2. The van der Waals surface area contributed by atoms with Gasteiger partial charge in [-0.2, -0.15) is 4.89 Å². The Bertz CT molecular complexity index is 1540. The van der Waals surface area contributed by atoms with E-state index < -0.39 is 17.7 Å². The molecular formula is C36H38O9. The van der Waals surface area contributed by atoms with Crippen LogP contribution in [0, 0.1) is 23.7 Å². The summed E-state index contributed by atoms with van der Waals surface area (Å²) >= 11 is 0. The molecule has 5 aliphatic rings. The average molecular weight is 615 g/mol. The summed E-state index contributed by atoms with van der Waals surface area (Å²) < 4.78 is 23.7. The number of hydrogen-bond donors (Lipinski definition) is 1. The van der Waals surface area contributed by atoms with Crippen molar-refractivity contribution in [1.29, 1.82) is 0 Å². The number of carbonyl (C=O) groups excluding carboxylic acids is 1. The lowest BCUT2D eigenvalue weighted by molar-refractivity contribution is -0.517. The maximum atomic E-state index is 11.7. The first-order chi connectivity index (χ1) is 21.9. The molecule has 9 nitrogen and oxygen atoms in total. The van der Waals surface area contributed by atoms with E-state index in [1.54, 1.807) is 0 Å². The first-order valence-corrected chi connectivity index (χ1v) is 15.9. The van der Waals surface area contributed by atoms with Crippen LogP contribution in [0.2, 0.25) is 0 Å². The first kappa shape index (κ1) is 29.8. The standard InChI is InChI=1S/C36H38O9/c1-22(33-21-42-36(45-44-33)26-17-23-16-24(19-26)20-27(36)18-23)25-8-10-28(11-9-25)43-32-7-3-4-29-30(32)5-2-6-31(29)40-14-15-41-35(39)13-12-34(37)38/h2-11,23-24,26-27,33H,1,12-21H2,(H,37,38). The number of carbonyl (C=O) groups is 2. The van der Waals surface area contributed by atoms with Crippen LogP contribution in [-0.2, 0) is 28.8 Å². The first-order valence-electron chi connectivity index (χ1n) is 15.9. The van der Waals surface area contributed by atoms with E-state index in [0.717, 1.165) is 33.7 Å². The number of hydrogen-bond acceptors (Lipinski definition) is 8. The van der Waals surface area contributed by atoms with Crippen molar-refractivity contribution >= 4 is 28.3 Å². The van der Waals surface area contributed by atoms with Gasteiger partial charge in [-0.15, -0.1) is 0 Å². The molecule has 1 N–H and O–H groups in total. The fourth-order valence-electron chi connectivity index (χ4n) is 7.87. The molecule has 0 aromatic heterocycles. The largest absolute Gasteiger partial charge is 0.489 e. The summed E-state index contributed by atoms with van der Waals surface area (Å²) in [5, 5.41) is 10.4. The third-order valence-electron chi connectivity index (χ3n) is 9.86. The van der Waals surface area contributed by atoms with Crippen molar-refractivity contribution in [3.63, 3.8) is 0 Å². The number of carboxylic acids is 1. The molecule has 1 spiro atoms. The van der Waals surface area contributed by atoms with Gasteiger partial charge in [0.15, 0.2) is 0 Å². The monoisotopic (exact) mass is 614 g/mol. The normalized spacial score (nSPS) is 28.2. The maximum absolute atomic E-state index is 11.7. The molecule has 0 radical (unpaired) electrons. The van der Waals surface area contributed by atoms with Gasteiger partial charge in [0.25, 0.3) is 0 Å². The number of carboxylic acid groups (broad SMARTS) is 1. The summed E-state index contributed by atoms with van der Waals surface area (Å²) in [5.74, 6) is 2.28. The molecule has 45 heavy (non-hydrogen) atoms. The molecule has 1 aliphatic heterocycles. The molecule has 8 rings (SSSR count). The lowest BCUT2D eigenvalue weighted by Gasteiger charge is -2.60. The van der Waals surface area contributed by atoms with Gasteiger partial charge in [0.05, 0.1) is 19.4 Å². The van der Waals surface area contributed by atoms with Crippen LogP contribution in [0.5, 0.6) is 17.2 Å². The third kappa shape index (κ3) is 6.04. The highest BCUT2D eigenvalue weighted by Crippen LogP contribution is 2.61. The zero-order valence-corrected chi connectivity index (χ0v) is 25.2. The molecule has 1 saturated heterocycles. The number of benzene rings is 3. The van der Waals surface area contributed by atoms with E-state index in [0.29, 0.717) is 35.7 Å². The fourth-order valence-corrected chi connectivity index (χ4v) is 7.87. The number of ether oxygens (including phenoxy) is 4. The van der Waals surface area contributed by atoms with Crippen LogP contribution in [-0.4, -0.2) is 48.8 Å². The number of rotatable bonds is 11. The summed E-state index contributed by atoms with van der Waals surface area (Å²) in [6.07, 6.45) is 5.31. The molecule has 4 bridgehead atoms. The lowest BCUT2D eigenvalue weighted by Crippen LogP contribution is -2.63.